The van der Waals surface area contributed by atoms with Crippen LogP contribution in [-0.2, 0) is 9.59 Å². The summed E-state index contributed by atoms with van der Waals surface area (Å²) in [5.41, 5.74) is 11.2. The minimum Gasteiger partial charge on any atom is -0.369 e. The average Bonchev–Trinajstić information content (AvgIpc) is 2.78. The smallest absolute Gasteiger partial charge is 0.224 e. The van der Waals surface area contributed by atoms with Crippen LogP contribution in [0, 0.1) is 5.92 Å². The number of amides is 2. The number of nitrogens with two attached hydrogens (primary N) is 2. The Hall–Kier alpha value is -1.10. The molecule has 1 heterocycles. The van der Waals surface area contributed by atoms with Gasteiger partial charge in [0.2, 0.25) is 11.8 Å². The van der Waals surface area contributed by atoms with E-state index >= 15 is 0 Å². The molecule has 2 fully saturated rings. The Kier molecular flexibility index (Phi) is 3.90. The van der Waals surface area contributed by atoms with Gasteiger partial charge in [-0.1, -0.05) is 19.3 Å². The van der Waals surface area contributed by atoms with Gasteiger partial charge in [-0.2, -0.15) is 0 Å². The van der Waals surface area contributed by atoms with Gasteiger partial charge in [-0.15, -0.1) is 0 Å². The number of hydrogen-bond acceptors (Lipinski definition) is 3. The molecule has 0 aromatic carbocycles. The number of carbonyl (C=O) groups is 2. The first kappa shape index (κ1) is 13.3. The van der Waals surface area contributed by atoms with E-state index in [2.05, 4.69) is 0 Å². The molecule has 1 aliphatic heterocycles. The molecule has 1 unspecified atom stereocenters. The number of hydrogen-bond donors (Lipinski definition) is 2. The molecule has 1 saturated carbocycles. The van der Waals surface area contributed by atoms with E-state index in [9.17, 15) is 9.59 Å². The highest BCUT2D eigenvalue weighted by Gasteiger charge is 2.35. The maximum atomic E-state index is 12.2. The van der Waals surface area contributed by atoms with E-state index in [0.29, 0.717) is 25.9 Å². The summed E-state index contributed by atoms with van der Waals surface area (Å²) in [7, 11) is 0. The van der Waals surface area contributed by atoms with Crippen molar-refractivity contribution in [3.8, 4) is 0 Å². The number of primary amides is 1. The molecule has 0 aromatic heterocycles. The number of likely N-dealkylation sites (tertiary alicyclic amines) is 1. The highest BCUT2D eigenvalue weighted by atomic mass is 16.2. The van der Waals surface area contributed by atoms with E-state index in [1.807, 2.05) is 0 Å². The first-order valence-corrected chi connectivity index (χ1v) is 6.86. The summed E-state index contributed by atoms with van der Waals surface area (Å²) in [5, 5.41) is 0. The van der Waals surface area contributed by atoms with Crippen LogP contribution in [0.5, 0.6) is 0 Å². The van der Waals surface area contributed by atoms with Crippen LogP contribution in [0.4, 0.5) is 0 Å². The van der Waals surface area contributed by atoms with Crippen LogP contribution in [0.2, 0.25) is 0 Å². The third-order valence-corrected chi connectivity index (χ3v) is 4.30. The molecule has 1 aliphatic carbocycles. The van der Waals surface area contributed by atoms with Gasteiger partial charge in [0.05, 0.1) is 5.92 Å². The summed E-state index contributed by atoms with van der Waals surface area (Å²) < 4.78 is 0. The van der Waals surface area contributed by atoms with Crippen LogP contribution in [0.1, 0.15) is 44.9 Å². The summed E-state index contributed by atoms with van der Waals surface area (Å²) in [6, 6.07) is 0. The standard InChI is InChI=1S/C13H23N3O2/c14-12(18)10-4-7-16(9-10)11(17)8-13(15)5-2-1-3-6-13/h10H,1-9,15H2,(H2,14,18). The Morgan fingerprint density at radius 3 is 2.44 bits per heavy atom. The number of rotatable bonds is 3. The minimum absolute atomic E-state index is 0.0863. The zero-order valence-corrected chi connectivity index (χ0v) is 10.9. The van der Waals surface area contributed by atoms with Crippen LogP contribution < -0.4 is 11.5 Å². The summed E-state index contributed by atoms with van der Waals surface area (Å²) >= 11 is 0. The fourth-order valence-electron chi connectivity index (χ4n) is 3.06. The largest absolute Gasteiger partial charge is 0.369 e. The number of nitrogens with zero attached hydrogens (tertiary/aromatic N) is 1. The molecule has 2 rings (SSSR count). The molecule has 0 aromatic rings. The summed E-state index contributed by atoms with van der Waals surface area (Å²) in [4.78, 5) is 25.0. The molecule has 0 bridgehead atoms. The molecule has 2 amide bonds. The molecule has 2 aliphatic rings. The van der Waals surface area contributed by atoms with Crippen molar-refractivity contribution in [3.05, 3.63) is 0 Å². The van der Waals surface area contributed by atoms with Crippen molar-refractivity contribution in [1.29, 1.82) is 0 Å². The third kappa shape index (κ3) is 3.02. The van der Waals surface area contributed by atoms with E-state index in [1.54, 1.807) is 4.90 Å². The van der Waals surface area contributed by atoms with Crippen LogP contribution in [0.3, 0.4) is 0 Å². The molecule has 1 atom stereocenters. The van der Waals surface area contributed by atoms with Crippen molar-refractivity contribution in [2.75, 3.05) is 13.1 Å². The molecular weight excluding hydrogens is 230 g/mol. The van der Waals surface area contributed by atoms with Gasteiger partial charge in [0, 0.05) is 25.0 Å². The lowest BCUT2D eigenvalue weighted by atomic mass is 9.80. The fourth-order valence-corrected chi connectivity index (χ4v) is 3.06. The number of carbonyl (C=O) groups excluding carboxylic acids is 2. The molecule has 102 valence electrons. The molecule has 18 heavy (non-hydrogen) atoms. The summed E-state index contributed by atoms with van der Waals surface area (Å²) in [6.07, 6.45) is 6.44. The molecule has 0 radical (unpaired) electrons. The van der Waals surface area contributed by atoms with Crippen molar-refractivity contribution < 1.29 is 9.59 Å². The van der Waals surface area contributed by atoms with Gasteiger partial charge in [0.1, 0.15) is 0 Å². The first-order chi connectivity index (χ1) is 8.50. The van der Waals surface area contributed by atoms with Crippen LogP contribution in [0.25, 0.3) is 0 Å². The van der Waals surface area contributed by atoms with Crippen LogP contribution in [0.15, 0.2) is 0 Å². The van der Waals surface area contributed by atoms with Crippen LogP contribution >= 0.6 is 0 Å². The summed E-state index contributed by atoms with van der Waals surface area (Å²) in [5.74, 6) is -0.386. The first-order valence-electron chi connectivity index (χ1n) is 6.86. The maximum absolute atomic E-state index is 12.2. The fraction of sp³-hybridized carbons (Fsp3) is 0.846. The van der Waals surface area contributed by atoms with Gasteiger partial charge >= 0.3 is 0 Å². The normalized spacial score (nSPS) is 27.2. The van der Waals surface area contributed by atoms with Crippen molar-refractivity contribution in [3.63, 3.8) is 0 Å². The lowest BCUT2D eigenvalue weighted by Gasteiger charge is -2.34. The van der Waals surface area contributed by atoms with Gasteiger partial charge in [0.25, 0.3) is 0 Å². The van der Waals surface area contributed by atoms with E-state index in [1.165, 1.54) is 6.42 Å². The molecule has 5 heteroatoms. The second-order valence-corrected chi connectivity index (χ2v) is 5.83. The molecule has 0 spiro atoms. The third-order valence-electron chi connectivity index (χ3n) is 4.30. The van der Waals surface area contributed by atoms with E-state index in [0.717, 1.165) is 25.7 Å². The molecule has 1 saturated heterocycles. The van der Waals surface area contributed by atoms with Gasteiger partial charge in [-0.05, 0) is 19.3 Å². The lowest BCUT2D eigenvalue weighted by molar-refractivity contribution is -0.132. The Balaban J connectivity index is 1.87. The topological polar surface area (TPSA) is 89.4 Å². The van der Waals surface area contributed by atoms with E-state index in [4.69, 9.17) is 11.5 Å². The Labute approximate surface area is 108 Å². The van der Waals surface area contributed by atoms with Crippen molar-refractivity contribution in [2.45, 2.75) is 50.5 Å². The van der Waals surface area contributed by atoms with Crippen molar-refractivity contribution >= 4 is 11.8 Å². The second kappa shape index (κ2) is 5.26. The molecule has 5 nitrogen and oxygen atoms in total. The van der Waals surface area contributed by atoms with Gasteiger partial charge in [-0.25, -0.2) is 0 Å². The van der Waals surface area contributed by atoms with Crippen molar-refractivity contribution in [1.82, 2.24) is 4.90 Å². The quantitative estimate of drug-likeness (QED) is 0.761. The SMILES string of the molecule is NC(=O)C1CCN(C(=O)CC2(N)CCCCC2)C1. The molecular formula is C13H23N3O2. The predicted molar refractivity (Wildman–Crippen MR) is 68.5 cm³/mol. The maximum Gasteiger partial charge on any atom is 0.224 e. The van der Waals surface area contributed by atoms with Gasteiger partial charge in [0.15, 0.2) is 0 Å². The molecule has 4 N–H and O–H groups in total. The Morgan fingerprint density at radius 1 is 1.22 bits per heavy atom. The summed E-state index contributed by atoms with van der Waals surface area (Å²) in [6.45, 7) is 1.12. The highest BCUT2D eigenvalue weighted by Crippen LogP contribution is 2.30. The predicted octanol–water partition coefficient (Wildman–Crippen LogP) is 0.372. The van der Waals surface area contributed by atoms with Crippen LogP contribution in [-0.4, -0.2) is 35.3 Å². The average molecular weight is 253 g/mol. The zero-order chi connectivity index (χ0) is 13.2. The van der Waals surface area contributed by atoms with Crippen molar-refractivity contribution in [2.24, 2.45) is 17.4 Å². The lowest BCUT2D eigenvalue weighted by Crippen LogP contribution is -2.46. The zero-order valence-electron chi connectivity index (χ0n) is 10.9. The Bertz CT molecular complexity index is 337. The minimum atomic E-state index is -0.319. The monoisotopic (exact) mass is 253 g/mol. The highest BCUT2D eigenvalue weighted by molar-refractivity contribution is 5.81. The van der Waals surface area contributed by atoms with Gasteiger partial charge in [-0.3, -0.25) is 9.59 Å². The van der Waals surface area contributed by atoms with E-state index < -0.39 is 0 Å². The van der Waals surface area contributed by atoms with E-state index in [-0.39, 0.29) is 23.3 Å². The van der Waals surface area contributed by atoms with Gasteiger partial charge < -0.3 is 16.4 Å². The second-order valence-electron chi connectivity index (χ2n) is 5.83. The Morgan fingerprint density at radius 2 is 1.89 bits per heavy atom.